The van der Waals surface area contributed by atoms with Crippen LogP contribution in [0.15, 0.2) is 24.3 Å². The van der Waals surface area contributed by atoms with Gasteiger partial charge in [0.2, 0.25) is 6.10 Å². The summed E-state index contributed by atoms with van der Waals surface area (Å²) in [6, 6.07) is 7.86. The quantitative estimate of drug-likeness (QED) is 0.797. The lowest BCUT2D eigenvalue weighted by molar-refractivity contribution is -0.141. The number of amides is 1. The van der Waals surface area contributed by atoms with Crippen molar-refractivity contribution in [1.29, 1.82) is 0 Å². The Kier molecular flexibility index (Phi) is 3.64. The van der Waals surface area contributed by atoms with Crippen molar-refractivity contribution in [3.8, 4) is 11.5 Å². The summed E-state index contributed by atoms with van der Waals surface area (Å²) in [4.78, 5) is 14.4. The molecule has 0 aromatic heterocycles. The molecule has 4 nitrogen and oxygen atoms in total. The van der Waals surface area contributed by atoms with E-state index in [4.69, 9.17) is 9.47 Å². The molecule has 1 atom stereocenters. The largest absolute Gasteiger partial charge is 0.485 e. The summed E-state index contributed by atoms with van der Waals surface area (Å²) >= 11 is 3.40. The minimum atomic E-state index is -0.519. The molecule has 5 heteroatoms. The van der Waals surface area contributed by atoms with Gasteiger partial charge >= 0.3 is 0 Å². The van der Waals surface area contributed by atoms with E-state index in [2.05, 4.69) is 15.9 Å². The summed E-state index contributed by atoms with van der Waals surface area (Å²) in [7, 11) is 0. The first kappa shape index (κ1) is 12.8. The molecule has 19 heavy (non-hydrogen) atoms. The summed E-state index contributed by atoms with van der Waals surface area (Å²) in [6.45, 7) is 1.02. The number of ether oxygens (including phenoxy) is 2. The maximum absolute atomic E-state index is 12.5. The highest BCUT2D eigenvalue weighted by atomic mass is 79.9. The average Bonchev–Trinajstić information content (AvgIpc) is 3.28. The highest BCUT2D eigenvalue weighted by Gasteiger charge is 2.38. The molecule has 102 valence electrons. The van der Waals surface area contributed by atoms with Crippen molar-refractivity contribution in [3.05, 3.63) is 24.3 Å². The number of hydrogen-bond acceptors (Lipinski definition) is 3. The highest BCUT2D eigenvalue weighted by Crippen LogP contribution is 2.33. The average molecular weight is 326 g/mol. The van der Waals surface area contributed by atoms with Crippen LogP contribution in [0.2, 0.25) is 0 Å². The number of carbonyl (C=O) groups is 1. The van der Waals surface area contributed by atoms with E-state index < -0.39 is 6.10 Å². The number of benzene rings is 1. The van der Waals surface area contributed by atoms with Gasteiger partial charge in [0.25, 0.3) is 5.91 Å². The van der Waals surface area contributed by atoms with Crippen molar-refractivity contribution in [1.82, 2.24) is 4.90 Å². The predicted octanol–water partition coefficient (Wildman–Crippen LogP) is 2.21. The van der Waals surface area contributed by atoms with E-state index in [0.717, 1.165) is 24.7 Å². The van der Waals surface area contributed by atoms with Gasteiger partial charge in [-0.15, -0.1) is 0 Å². The molecule has 1 aliphatic carbocycles. The molecule has 1 heterocycles. The molecule has 0 bridgehead atoms. The van der Waals surface area contributed by atoms with Gasteiger partial charge in [0.05, 0.1) is 0 Å². The Balaban J connectivity index is 1.71. The van der Waals surface area contributed by atoms with E-state index in [1.807, 2.05) is 29.2 Å². The zero-order valence-electron chi connectivity index (χ0n) is 10.5. The minimum absolute atomic E-state index is 0.0384. The molecule has 2 aliphatic rings. The number of hydrogen-bond donors (Lipinski definition) is 0. The molecule has 1 fully saturated rings. The summed E-state index contributed by atoms with van der Waals surface area (Å²) in [6.07, 6.45) is 1.68. The van der Waals surface area contributed by atoms with Crippen LogP contribution in [0.4, 0.5) is 0 Å². The topological polar surface area (TPSA) is 38.8 Å². The Morgan fingerprint density at radius 1 is 1.32 bits per heavy atom. The first-order valence-corrected chi connectivity index (χ1v) is 7.66. The number of carbonyl (C=O) groups excluding carboxylic acids is 1. The Hall–Kier alpha value is -1.23. The normalized spacial score (nSPS) is 21.0. The van der Waals surface area contributed by atoms with E-state index in [9.17, 15) is 4.79 Å². The second-order valence-corrected chi connectivity index (χ2v) is 5.61. The van der Waals surface area contributed by atoms with Crippen molar-refractivity contribution < 1.29 is 14.3 Å². The van der Waals surface area contributed by atoms with Crippen LogP contribution in [-0.2, 0) is 4.79 Å². The number of fused-ring (bicyclic) bond motifs is 1. The van der Waals surface area contributed by atoms with Gasteiger partial charge in [-0.1, -0.05) is 28.1 Å². The van der Waals surface area contributed by atoms with Gasteiger partial charge in [-0.3, -0.25) is 4.79 Å². The molecule has 1 saturated carbocycles. The second-order valence-electron chi connectivity index (χ2n) is 4.82. The summed E-state index contributed by atoms with van der Waals surface area (Å²) < 4.78 is 11.4. The monoisotopic (exact) mass is 325 g/mol. The summed E-state index contributed by atoms with van der Waals surface area (Å²) in [5.41, 5.74) is 0. The van der Waals surface area contributed by atoms with E-state index >= 15 is 0 Å². The van der Waals surface area contributed by atoms with Crippen molar-refractivity contribution >= 4 is 21.8 Å². The van der Waals surface area contributed by atoms with Crippen LogP contribution in [-0.4, -0.2) is 41.4 Å². The summed E-state index contributed by atoms with van der Waals surface area (Å²) in [5.74, 6) is 1.41. The molecule has 3 rings (SSSR count). The van der Waals surface area contributed by atoms with Crippen LogP contribution in [0, 0.1) is 0 Å². The minimum Gasteiger partial charge on any atom is -0.485 e. The molecule has 0 spiro atoms. The molecular weight excluding hydrogens is 310 g/mol. The van der Waals surface area contributed by atoms with Crippen molar-refractivity contribution in [2.45, 2.75) is 25.0 Å². The Labute approximate surface area is 120 Å². The molecule has 1 amide bonds. The molecule has 0 saturated heterocycles. The number of para-hydroxylation sites is 2. The van der Waals surface area contributed by atoms with Gasteiger partial charge in [-0.05, 0) is 25.0 Å². The lowest BCUT2D eigenvalue weighted by Crippen LogP contribution is -2.47. The zero-order valence-corrected chi connectivity index (χ0v) is 12.1. The molecule has 1 aromatic rings. The van der Waals surface area contributed by atoms with E-state index in [-0.39, 0.29) is 5.91 Å². The highest BCUT2D eigenvalue weighted by molar-refractivity contribution is 9.09. The van der Waals surface area contributed by atoms with Crippen LogP contribution >= 0.6 is 15.9 Å². The standard InChI is InChI=1S/C14H16BrNO3/c15-7-8-16(10-5-6-10)14(17)13-9-18-11-3-1-2-4-12(11)19-13/h1-4,10,13H,5-9H2. The first-order valence-electron chi connectivity index (χ1n) is 6.54. The summed E-state index contributed by atoms with van der Waals surface area (Å²) in [5, 5.41) is 0.791. The van der Waals surface area contributed by atoms with Crippen LogP contribution in [0.5, 0.6) is 11.5 Å². The SMILES string of the molecule is O=C(C1COc2ccccc2O1)N(CCBr)C1CC1. The van der Waals surface area contributed by atoms with Crippen molar-refractivity contribution in [2.75, 3.05) is 18.5 Å². The maximum atomic E-state index is 12.5. The third kappa shape index (κ3) is 2.71. The van der Waals surface area contributed by atoms with Crippen LogP contribution < -0.4 is 9.47 Å². The fraction of sp³-hybridized carbons (Fsp3) is 0.500. The van der Waals surface area contributed by atoms with Gasteiger partial charge in [-0.2, -0.15) is 0 Å². The van der Waals surface area contributed by atoms with E-state index in [0.29, 0.717) is 24.1 Å². The third-order valence-electron chi connectivity index (χ3n) is 3.38. The molecule has 1 aromatic carbocycles. The van der Waals surface area contributed by atoms with Crippen LogP contribution in [0.1, 0.15) is 12.8 Å². The number of halogens is 1. The third-order valence-corrected chi connectivity index (χ3v) is 3.73. The molecular formula is C14H16BrNO3. The Bertz CT molecular complexity index is 476. The number of alkyl halides is 1. The van der Waals surface area contributed by atoms with Crippen LogP contribution in [0.25, 0.3) is 0 Å². The lowest BCUT2D eigenvalue weighted by atomic mass is 10.2. The maximum Gasteiger partial charge on any atom is 0.267 e. The fourth-order valence-corrected chi connectivity index (χ4v) is 2.66. The fourth-order valence-electron chi connectivity index (χ4n) is 2.28. The van der Waals surface area contributed by atoms with E-state index in [1.165, 1.54) is 0 Å². The van der Waals surface area contributed by atoms with Gasteiger partial charge in [0, 0.05) is 17.9 Å². The first-order chi connectivity index (χ1) is 9.29. The molecule has 1 unspecified atom stereocenters. The van der Waals surface area contributed by atoms with Gasteiger partial charge in [0.1, 0.15) is 6.61 Å². The number of nitrogens with zero attached hydrogens (tertiary/aromatic N) is 1. The lowest BCUT2D eigenvalue weighted by Gasteiger charge is -2.30. The smallest absolute Gasteiger partial charge is 0.267 e. The Morgan fingerprint density at radius 3 is 2.74 bits per heavy atom. The van der Waals surface area contributed by atoms with Crippen molar-refractivity contribution in [2.24, 2.45) is 0 Å². The van der Waals surface area contributed by atoms with Gasteiger partial charge in [0.15, 0.2) is 11.5 Å². The molecule has 0 radical (unpaired) electrons. The Morgan fingerprint density at radius 2 is 2.05 bits per heavy atom. The molecule has 1 aliphatic heterocycles. The second kappa shape index (κ2) is 5.41. The van der Waals surface area contributed by atoms with Gasteiger partial charge in [-0.25, -0.2) is 0 Å². The van der Waals surface area contributed by atoms with Crippen molar-refractivity contribution in [3.63, 3.8) is 0 Å². The zero-order chi connectivity index (χ0) is 13.2. The van der Waals surface area contributed by atoms with E-state index in [1.54, 1.807) is 0 Å². The molecule has 0 N–H and O–H groups in total. The number of rotatable bonds is 4. The van der Waals surface area contributed by atoms with Gasteiger partial charge < -0.3 is 14.4 Å². The predicted molar refractivity (Wildman–Crippen MR) is 74.9 cm³/mol. The van der Waals surface area contributed by atoms with Crippen LogP contribution in [0.3, 0.4) is 0 Å².